The zero-order chi connectivity index (χ0) is 59.2. The number of carbonyl (C=O) groups excluding carboxylic acids is 4. The van der Waals surface area contributed by atoms with Gasteiger partial charge in [-0.2, -0.15) is 0 Å². The average Bonchev–Trinajstić information content (AvgIpc) is 4.33. The van der Waals surface area contributed by atoms with Gasteiger partial charge >= 0.3 is 42.7 Å². The minimum absolute atomic E-state index is 0. The Morgan fingerprint density at radius 3 is 1.98 bits per heavy atom. The van der Waals surface area contributed by atoms with Crippen molar-refractivity contribution in [3.63, 3.8) is 0 Å². The molecule has 0 bridgehead atoms. The molecule has 8 atom stereocenters. The molecule has 2 aromatic rings. The zero-order valence-electron chi connectivity index (χ0n) is 49.0. The number of nitrogens with two attached hydrogens (primary N) is 2. The predicted octanol–water partition coefficient (Wildman–Crippen LogP) is -3.82. The van der Waals surface area contributed by atoms with E-state index in [1.165, 1.54) is 26.1 Å². The maximum absolute atomic E-state index is 15.3. The molecule has 6 saturated heterocycles. The van der Waals surface area contributed by atoms with Crippen molar-refractivity contribution in [3.05, 3.63) is 33.9 Å². The number of hydroxylamine groups is 1. The van der Waals surface area contributed by atoms with E-state index in [1.54, 1.807) is 37.5 Å². The summed E-state index contributed by atoms with van der Waals surface area (Å²) in [6.07, 6.45) is 8.10. The van der Waals surface area contributed by atoms with Crippen molar-refractivity contribution in [1.82, 2.24) is 35.5 Å². The molecule has 1 aromatic carbocycles. The molecule has 81 heavy (non-hydrogen) atoms. The number of carboxylic acid groups (broad SMARTS) is 1. The number of aromatic nitrogens is 1. The number of hydrogen-bond donors (Lipinski definition) is 9. The van der Waals surface area contributed by atoms with E-state index in [-0.39, 0.29) is 125 Å². The van der Waals surface area contributed by atoms with E-state index >= 15 is 4.39 Å². The number of esters is 3. The van der Waals surface area contributed by atoms with Gasteiger partial charge < -0.3 is 67.9 Å². The van der Waals surface area contributed by atoms with Crippen LogP contribution in [0.15, 0.2) is 17.1 Å². The topological polar surface area (TPSA) is 330 Å². The summed E-state index contributed by atoms with van der Waals surface area (Å²) in [5, 5.41) is 43.4. The Hall–Kier alpha value is -3.20. The smallest absolute Gasteiger partial charge is 1.00 e. The van der Waals surface area contributed by atoms with Crippen molar-refractivity contribution >= 4 is 95.6 Å². The van der Waals surface area contributed by atoms with Gasteiger partial charge in [-0.25, -0.2) is 14.7 Å². The van der Waals surface area contributed by atoms with Crippen LogP contribution in [0.3, 0.4) is 0 Å². The summed E-state index contributed by atoms with van der Waals surface area (Å²) in [7, 11) is 2.92. The van der Waals surface area contributed by atoms with Crippen LogP contribution in [-0.2, 0) is 33.4 Å². The number of pyridine rings is 1. The summed E-state index contributed by atoms with van der Waals surface area (Å²) in [6, 6.07) is 2.35. The molecule has 1 amide bonds. The van der Waals surface area contributed by atoms with E-state index in [0.29, 0.717) is 102 Å². The van der Waals surface area contributed by atoms with Gasteiger partial charge in [0.25, 0.3) is 0 Å². The number of alkyl halides is 2. The van der Waals surface area contributed by atoms with Crippen LogP contribution in [0.1, 0.15) is 83.9 Å². The number of nitrogens with zero attached hydrogens (tertiary/aromatic N) is 6. The number of hydrogen-bond acceptors (Lipinski definition) is 22. The number of aromatic carboxylic acids is 1. The molecular formula is C51H88AlBr2FLiN11O14. The first-order valence-electron chi connectivity index (χ1n) is 27.5. The first kappa shape index (κ1) is 72.1. The van der Waals surface area contributed by atoms with Gasteiger partial charge in [0.05, 0.1) is 44.5 Å². The number of rotatable bonds is 14. The fraction of sp³-hybridized carbons (Fsp3) is 0.725. The van der Waals surface area contributed by atoms with E-state index < -0.39 is 22.8 Å². The van der Waals surface area contributed by atoms with E-state index in [4.69, 9.17) is 42.1 Å². The molecule has 0 spiro atoms. The van der Waals surface area contributed by atoms with Gasteiger partial charge in [-0.15, -0.1) is 0 Å². The first-order chi connectivity index (χ1) is 38.2. The van der Waals surface area contributed by atoms with Crippen molar-refractivity contribution in [3.8, 4) is 5.75 Å². The van der Waals surface area contributed by atoms with Gasteiger partial charge in [-0.1, -0.05) is 31.9 Å². The third-order valence-electron chi connectivity index (χ3n) is 14.4. The van der Waals surface area contributed by atoms with Crippen molar-refractivity contribution in [2.24, 2.45) is 11.5 Å². The van der Waals surface area contributed by atoms with Crippen LogP contribution in [-0.4, -0.2) is 252 Å². The number of fused-ring (bicyclic) bond motifs is 3. The summed E-state index contributed by atoms with van der Waals surface area (Å²) in [6.45, 7) is 14.8. The third kappa shape index (κ3) is 20.2. The Morgan fingerprint density at radius 2 is 1.43 bits per heavy atom. The second-order valence-electron chi connectivity index (χ2n) is 19.3. The number of carbonyl (C=O) groups is 5. The van der Waals surface area contributed by atoms with Crippen molar-refractivity contribution in [1.29, 1.82) is 0 Å². The molecule has 25 nitrogen and oxygen atoms in total. The number of ether oxygens (including phenoxy) is 4. The van der Waals surface area contributed by atoms with Crippen LogP contribution < -0.4 is 66.5 Å². The Labute approximate surface area is 516 Å². The van der Waals surface area contributed by atoms with Crippen LogP contribution in [0.2, 0.25) is 1.41 Å². The van der Waals surface area contributed by atoms with Gasteiger partial charge in [-0.3, -0.25) is 48.4 Å². The van der Waals surface area contributed by atoms with Crippen molar-refractivity contribution in [2.45, 2.75) is 118 Å². The number of piperazine rings is 3. The van der Waals surface area contributed by atoms with Gasteiger partial charge in [0.1, 0.15) is 32.5 Å². The quantitative estimate of drug-likeness (QED) is 0.0288. The Morgan fingerprint density at radius 1 is 0.877 bits per heavy atom. The number of nitrogens with one attached hydrogen (secondary N) is 3. The molecule has 0 aliphatic carbocycles. The number of aliphatic hydroxyl groups excluding tert-OH is 2. The molecular weight excluding hydrogens is 1200 g/mol. The molecule has 7 aliphatic heterocycles. The van der Waals surface area contributed by atoms with Crippen molar-refractivity contribution < 1.29 is 89.5 Å². The molecule has 0 radical (unpaired) electrons. The molecule has 456 valence electrons. The van der Waals surface area contributed by atoms with E-state index in [0.717, 1.165) is 57.9 Å². The van der Waals surface area contributed by atoms with Crippen LogP contribution in [0.25, 0.3) is 10.9 Å². The summed E-state index contributed by atoms with van der Waals surface area (Å²) in [5.74, 6) is -2.42. The van der Waals surface area contributed by atoms with E-state index in [9.17, 15) is 39.0 Å². The molecule has 30 heteroatoms. The maximum atomic E-state index is 15.3. The largest absolute Gasteiger partial charge is 1.00 e. The van der Waals surface area contributed by atoms with Gasteiger partial charge in [0.2, 0.25) is 11.3 Å². The second kappa shape index (κ2) is 38.0. The number of benzene rings is 1. The SMILES string of the molecule is CCOC(=O)C1CCC2C(=O)NCCN21.CCOC(=O)[C@H](Br)CC[C@H](Br)C(=O)OCC.CN1COc2c(N3CCN4C(CO)CCC4C3)c(F)cc3c(=O)c(C(=O)O)cn1c23.NCCN.OCC1CCC2CNCCN12.[3H]N(C)O.[AlH3].[H-].[Li+]. The number of anilines is 1. The third-order valence-corrected chi connectivity index (χ3v) is 16.0. The Bertz CT molecular complexity index is 2370. The average molecular weight is 1290 g/mol. The number of halogens is 3. The number of amides is 1. The minimum atomic E-state index is -1.35. The Balaban J connectivity index is 0.000000557. The molecule has 8 heterocycles. The standard InChI is InChI=1S/C20H23FN4O5.C10H16Br2O4.C10H16N2O3.C8H16N2O.C2H8N2.CH5NO.Al.Li.4H/c1-22-10-30-19-16-13(18(27)14(20(28)29)8-25(16)22)6-15(21)17(19)23-4-5-24-11(7-23)2-3-12(24)9-26;1-3-15-9(13)7(11)5-6-8(12)10(14)16-4-2;1-2-15-10(14)8-4-3-7-9(13)11-5-6-12(7)8;11-6-8-2-1-7-5-9-3-4-10(7)8;3-1-2-4;1-2-3;;;;;;/h6,8,11-12,26H,2-5,7,9-10H2,1H3,(H,28,29);7-8H,3-6H2,1-2H3;7-8H,2-6H2,1H3,(H,11,13);7-9,11H,1-6H2;1-4H2;2-3H,1H3;;;;;;/q;;;;;;;+1;;;;-1/t;7-,8+;;;;;;;;;;/i/hT. The fourth-order valence-corrected chi connectivity index (χ4v) is 11.5. The summed E-state index contributed by atoms with van der Waals surface area (Å²) in [4.78, 5) is 77.7. The zero-order valence-corrected chi connectivity index (χ0v) is 50.2. The van der Waals surface area contributed by atoms with Crippen LogP contribution in [0.5, 0.6) is 5.75 Å². The summed E-state index contributed by atoms with van der Waals surface area (Å²) < 4.78 is 43.4. The molecule has 9 rings (SSSR count). The molecule has 6 fully saturated rings. The monoisotopic (exact) mass is 1290 g/mol. The van der Waals surface area contributed by atoms with Crippen LogP contribution in [0.4, 0.5) is 10.1 Å². The van der Waals surface area contributed by atoms with Crippen LogP contribution >= 0.6 is 31.9 Å². The van der Waals surface area contributed by atoms with E-state index in [2.05, 4.69) is 52.3 Å². The fourth-order valence-electron chi connectivity index (χ4n) is 10.7. The van der Waals surface area contributed by atoms with Gasteiger partial charge in [0.15, 0.2) is 37.1 Å². The van der Waals surface area contributed by atoms with Crippen LogP contribution in [0, 0.1) is 5.82 Å². The molecule has 0 saturated carbocycles. The predicted molar refractivity (Wildman–Crippen MR) is 312 cm³/mol. The molecule has 7 aliphatic rings. The van der Waals surface area contributed by atoms with E-state index in [1.807, 2.05) is 9.80 Å². The van der Waals surface area contributed by atoms with Gasteiger partial charge in [0, 0.05) is 110 Å². The Kier molecular flexibility index (Phi) is 33.8. The maximum Gasteiger partial charge on any atom is 1.00 e. The summed E-state index contributed by atoms with van der Waals surface area (Å²) in [5.41, 5.74) is 9.59. The first-order valence-corrected chi connectivity index (χ1v) is 28.9. The second-order valence-corrected chi connectivity index (χ2v) is 21.5. The normalized spacial score (nSPS) is 23.3. The number of carboxylic acids is 1. The molecule has 11 N–H and O–H groups in total. The minimum Gasteiger partial charge on any atom is -1.00 e. The van der Waals surface area contributed by atoms with Crippen molar-refractivity contribution in [2.75, 3.05) is 129 Å². The summed E-state index contributed by atoms with van der Waals surface area (Å²) >= 11 is 6.43. The molecule has 6 unspecified atom stereocenters. The van der Waals surface area contributed by atoms with Gasteiger partial charge in [-0.05, 0) is 78.2 Å². The molecule has 1 aromatic heterocycles. The number of aliphatic hydroxyl groups is 2.